The van der Waals surface area contributed by atoms with Gasteiger partial charge in [0, 0.05) is 30.8 Å². The van der Waals surface area contributed by atoms with Gasteiger partial charge in [-0.25, -0.2) is 14.2 Å². The van der Waals surface area contributed by atoms with Crippen molar-refractivity contribution in [3.05, 3.63) is 59.5 Å². The molecule has 9 heteroatoms. The van der Waals surface area contributed by atoms with E-state index in [-0.39, 0.29) is 36.2 Å². The number of rotatable bonds is 6. The molecule has 5 nitrogen and oxygen atoms in total. The van der Waals surface area contributed by atoms with E-state index in [4.69, 9.17) is 0 Å². The number of carbonyl (C=O) groups excluding carboxylic acids is 1. The molecule has 2 N–H and O–H groups in total. The number of aromatic nitrogens is 1. The predicted octanol–water partition coefficient (Wildman–Crippen LogP) is 5.32. The molecule has 3 rings (SSSR count). The van der Waals surface area contributed by atoms with Gasteiger partial charge in [0.15, 0.2) is 6.61 Å². The van der Waals surface area contributed by atoms with E-state index in [9.17, 15) is 22.4 Å². The Kier molecular flexibility index (Phi) is 9.08. The van der Waals surface area contributed by atoms with Gasteiger partial charge >= 0.3 is 12.2 Å². The molecule has 1 unspecified atom stereocenters. The molecule has 1 saturated carbocycles. The predicted molar refractivity (Wildman–Crippen MR) is 109 cm³/mol. The van der Waals surface area contributed by atoms with E-state index in [2.05, 4.69) is 20.4 Å². The van der Waals surface area contributed by atoms with Gasteiger partial charge in [0.1, 0.15) is 5.82 Å². The normalized spacial score (nSPS) is 18.0. The number of urea groups is 1. The highest BCUT2D eigenvalue weighted by atomic mass is 19.4. The zero-order valence-corrected chi connectivity index (χ0v) is 17.5. The summed E-state index contributed by atoms with van der Waals surface area (Å²) in [5, 5.41) is 5.62. The number of carbonyl (C=O) groups is 1. The molecule has 1 aromatic heterocycles. The standard InChI is InChI=1S/C20H21F4N3O2.C2H6/c21-15-6-4-14(5-7-15)16-2-1-3-17(16)27-19(28)26-11-13-8-9-25-18(10-13)29-12-20(22,23)24;1-2/h4-10,16-17H,1-3,11-12H2,(H2,26,27,28);1-2H3/t16-,17?;/m0./s1. The van der Waals surface area contributed by atoms with Gasteiger partial charge in [-0.2, -0.15) is 13.2 Å². The zero-order chi connectivity index (χ0) is 22.9. The molecular formula is C22H27F4N3O2. The van der Waals surface area contributed by atoms with Crippen LogP contribution < -0.4 is 15.4 Å². The molecule has 0 saturated heterocycles. The number of pyridine rings is 1. The Bertz CT molecular complexity index is 828. The number of nitrogens with one attached hydrogen (secondary N) is 2. The van der Waals surface area contributed by atoms with Crippen LogP contribution in [0.5, 0.6) is 5.88 Å². The highest BCUT2D eigenvalue weighted by molar-refractivity contribution is 5.74. The Morgan fingerprint density at radius 2 is 1.87 bits per heavy atom. The van der Waals surface area contributed by atoms with E-state index in [1.165, 1.54) is 24.4 Å². The van der Waals surface area contributed by atoms with Gasteiger partial charge in [-0.3, -0.25) is 0 Å². The average molecular weight is 441 g/mol. The lowest BCUT2D eigenvalue weighted by Crippen LogP contribution is -2.42. The van der Waals surface area contributed by atoms with Crippen molar-refractivity contribution in [2.24, 2.45) is 0 Å². The van der Waals surface area contributed by atoms with Crippen molar-refractivity contribution in [2.45, 2.75) is 57.8 Å². The van der Waals surface area contributed by atoms with Crippen LogP contribution >= 0.6 is 0 Å². The third-order valence-corrected chi connectivity index (χ3v) is 4.77. The Morgan fingerprint density at radius 1 is 1.16 bits per heavy atom. The number of halogens is 4. The summed E-state index contributed by atoms with van der Waals surface area (Å²) in [5.41, 5.74) is 1.55. The smallest absolute Gasteiger partial charge is 0.422 e. The van der Waals surface area contributed by atoms with Crippen LogP contribution in [-0.2, 0) is 6.54 Å². The molecule has 1 heterocycles. The fourth-order valence-corrected chi connectivity index (χ4v) is 3.44. The number of alkyl halides is 3. The van der Waals surface area contributed by atoms with Crippen molar-refractivity contribution in [3.8, 4) is 5.88 Å². The maximum atomic E-state index is 13.1. The molecule has 1 aliphatic rings. The monoisotopic (exact) mass is 441 g/mol. The molecule has 2 aromatic rings. The second-order valence-corrected chi connectivity index (χ2v) is 6.93. The maximum absolute atomic E-state index is 13.1. The molecule has 2 atom stereocenters. The minimum atomic E-state index is -4.45. The fraction of sp³-hybridized carbons (Fsp3) is 0.455. The lowest BCUT2D eigenvalue weighted by molar-refractivity contribution is -0.154. The lowest BCUT2D eigenvalue weighted by Gasteiger charge is -2.21. The van der Waals surface area contributed by atoms with E-state index in [0.717, 1.165) is 24.8 Å². The average Bonchev–Trinajstić information content (AvgIpc) is 3.20. The van der Waals surface area contributed by atoms with Crippen LogP contribution in [0.15, 0.2) is 42.6 Å². The Morgan fingerprint density at radius 3 is 2.55 bits per heavy atom. The number of benzene rings is 1. The molecular weight excluding hydrogens is 414 g/mol. The summed E-state index contributed by atoms with van der Waals surface area (Å²) >= 11 is 0. The van der Waals surface area contributed by atoms with Crippen molar-refractivity contribution in [2.75, 3.05) is 6.61 Å². The molecule has 1 fully saturated rings. The molecule has 1 aliphatic carbocycles. The summed E-state index contributed by atoms with van der Waals surface area (Å²) < 4.78 is 54.4. The molecule has 1 aromatic carbocycles. The van der Waals surface area contributed by atoms with E-state index in [1.54, 1.807) is 18.2 Å². The van der Waals surface area contributed by atoms with Crippen molar-refractivity contribution in [1.29, 1.82) is 0 Å². The summed E-state index contributed by atoms with van der Waals surface area (Å²) in [5.74, 6) is -0.344. The van der Waals surface area contributed by atoms with Gasteiger partial charge in [0.25, 0.3) is 0 Å². The molecule has 0 spiro atoms. The summed E-state index contributed by atoms with van der Waals surface area (Å²) in [6.07, 6.45) is -0.446. The topological polar surface area (TPSA) is 63.2 Å². The van der Waals surface area contributed by atoms with E-state index < -0.39 is 12.8 Å². The minimum absolute atomic E-state index is 0.0661. The molecule has 0 bridgehead atoms. The van der Waals surface area contributed by atoms with Crippen molar-refractivity contribution in [3.63, 3.8) is 0 Å². The van der Waals surface area contributed by atoms with E-state index in [1.807, 2.05) is 13.8 Å². The maximum Gasteiger partial charge on any atom is 0.422 e. The number of hydrogen-bond donors (Lipinski definition) is 2. The lowest BCUT2D eigenvalue weighted by atomic mass is 9.94. The number of nitrogens with zero attached hydrogens (tertiary/aromatic N) is 1. The zero-order valence-electron chi connectivity index (χ0n) is 17.5. The highest BCUT2D eigenvalue weighted by Crippen LogP contribution is 2.34. The summed E-state index contributed by atoms with van der Waals surface area (Å²) in [6.45, 7) is 2.69. The quantitative estimate of drug-likeness (QED) is 0.596. The number of ether oxygens (including phenoxy) is 1. The van der Waals surface area contributed by atoms with E-state index in [0.29, 0.717) is 5.56 Å². The summed E-state index contributed by atoms with van der Waals surface area (Å²) in [4.78, 5) is 16.0. The fourth-order valence-electron chi connectivity index (χ4n) is 3.44. The van der Waals surface area contributed by atoms with Crippen molar-refractivity contribution >= 4 is 6.03 Å². The second kappa shape index (κ2) is 11.5. The Hall–Kier alpha value is -2.84. The molecule has 31 heavy (non-hydrogen) atoms. The first kappa shape index (κ1) is 24.4. The van der Waals surface area contributed by atoms with Gasteiger partial charge in [-0.05, 0) is 42.2 Å². The van der Waals surface area contributed by atoms with Gasteiger partial charge in [-0.1, -0.05) is 32.4 Å². The van der Waals surface area contributed by atoms with Crippen LogP contribution in [0.2, 0.25) is 0 Å². The van der Waals surface area contributed by atoms with Crippen LogP contribution in [0.3, 0.4) is 0 Å². The molecule has 0 radical (unpaired) electrons. The van der Waals surface area contributed by atoms with Crippen LogP contribution in [0.4, 0.5) is 22.4 Å². The van der Waals surface area contributed by atoms with Crippen LogP contribution in [-0.4, -0.2) is 29.8 Å². The van der Waals surface area contributed by atoms with Gasteiger partial charge < -0.3 is 15.4 Å². The molecule has 170 valence electrons. The SMILES string of the molecule is CC.O=C(NCc1ccnc(OCC(F)(F)F)c1)NC1CCC[C@H]1c1ccc(F)cc1. The first-order valence-corrected chi connectivity index (χ1v) is 10.2. The van der Waals surface area contributed by atoms with Gasteiger partial charge in [0.05, 0.1) is 0 Å². The van der Waals surface area contributed by atoms with Crippen molar-refractivity contribution in [1.82, 2.24) is 15.6 Å². The minimum Gasteiger partial charge on any atom is -0.468 e. The molecule has 0 aliphatic heterocycles. The first-order valence-electron chi connectivity index (χ1n) is 10.2. The van der Waals surface area contributed by atoms with E-state index >= 15 is 0 Å². The van der Waals surface area contributed by atoms with Crippen LogP contribution in [0.25, 0.3) is 0 Å². The third kappa shape index (κ3) is 8.07. The second-order valence-electron chi connectivity index (χ2n) is 6.93. The highest BCUT2D eigenvalue weighted by Gasteiger charge is 2.30. The van der Waals surface area contributed by atoms with Crippen LogP contribution in [0, 0.1) is 5.82 Å². The molecule has 2 amide bonds. The van der Waals surface area contributed by atoms with Crippen LogP contribution in [0.1, 0.15) is 50.2 Å². The summed E-state index contributed by atoms with van der Waals surface area (Å²) in [6, 6.07) is 8.77. The van der Waals surface area contributed by atoms with Gasteiger partial charge in [-0.15, -0.1) is 0 Å². The number of hydrogen-bond acceptors (Lipinski definition) is 3. The Balaban J connectivity index is 0.00000166. The Labute approximate surface area is 179 Å². The summed E-state index contributed by atoms with van der Waals surface area (Å²) in [7, 11) is 0. The van der Waals surface area contributed by atoms with Gasteiger partial charge in [0.2, 0.25) is 5.88 Å². The van der Waals surface area contributed by atoms with Crippen molar-refractivity contribution < 1.29 is 27.1 Å². The third-order valence-electron chi connectivity index (χ3n) is 4.77. The largest absolute Gasteiger partial charge is 0.468 e. The number of amides is 2. The first-order chi connectivity index (χ1) is 14.8.